The van der Waals surface area contributed by atoms with Gasteiger partial charge in [0.05, 0.1) is 22.9 Å². The molecule has 0 unspecified atom stereocenters. The minimum absolute atomic E-state index is 0.267. The van der Waals surface area contributed by atoms with Gasteiger partial charge in [-0.15, -0.1) is 0 Å². The predicted octanol–water partition coefficient (Wildman–Crippen LogP) is 3.66. The molecular weight excluding hydrogens is 479 g/mol. The van der Waals surface area contributed by atoms with Crippen molar-refractivity contribution in [3.63, 3.8) is 0 Å². The fraction of sp³-hybridized carbons (Fsp3) is 0.385. The fourth-order valence-electron chi connectivity index (χ4n) is 4.91. The third-order valence-electron chi connectivity index (χ3n) is 7.10. The minimum atomic E-state index is -2.88. The number of anilines is 1. The van der Waals surface area contributed by atoms with E-state index in [1.807, 2.05) is 42.1 Å². The van der Waals surface area contributed by atoms with Gasteiger partial charge in [0.1, 0.15) is 21.3 Å². The summed E-state index contributed by atoms with van der Waals surface area (Å²) in [6.07, 6.45) is 6.13. The number of benzene rings is 1. The van der Waals surface area contributed by atoms with Gasteiger partial charge in [-0.05, 0) is 56.1 Å². The molecule has 0 amide bonds. The molecule has 1 aromatic carbocycles. The maximum atomic E-state index is 14.4. The first-order chi connectivity index (χ1) is 17.2. The van der Waals surface area contributed by atoms with E-state index in [0.717, 1.165) is 35.4 Å². The van der Waals surface area contributed by atoms with Gasteiger partial charge in [-0.1, -0.05) is 6.07 Å². The van der Waals surface area contributed by atoms with Crippen LogP contribution in [0, 0.1) is 5.82 Å². The SMILES string of the molecule is CNc1ccc(-c2ccc3c(CCN(C)C4CCS(=O)(=O)CC4)cn(-c4ccn(C)n4)c3n2)cc1F. The summed E-state index contributed by atoms with van der Waals surface area (Å²) in [5.74, 6) is 0.977. The van der Waals surface area contributed by atoms with Crippen molar-refractivity contribution in [2.24, 2.45) is 7.05 Å². The molecule has 36 heavy (non-hydrogen) atoms. The summed E-state index contributed by atoms with van der Waals surface area (Å²) in [5, 5.41) is 8.44. The van der Waals surface area contributed by atoms with Gasteiger partial charge in [-0.25, -0.2) is 17.8 Å². The predicted molar refractivity (Wildman–Crippen MR) is 141 cm³/mol. The third-order valence-corrected chi connectivity index (χ3v) is 8.81. The Morgan fingerprint density at radius 3 is 2.61 bits per heavy atom. The molecule has 0 spiro atoms. The summed E-state index contributed by atoms with van der Waals surface area (Å²) in [6, 6.07) is 11.3. The van der Waals surface area contributed by atoms with Crippen molar-refractivity contribution < 1.29 is 12.8 Å². The molecule has 4 aromatic rings. The zero-order valence-electron chi connectivity index (χ0n) is 20.8. The number of halogens is 1. The van der Waals surface area contributed by atoms with Crippen LogP contribution in [0.3, 0.4) is 0 Å². The van der Waals surface area contributed by atoms with Crippen LogP contribution in [0.4, 0.5) is 10.1 Å². The molecule has 1 fully saturated rings. The zero-order valence-corrected chi connectivity index (χ0v) is 21.6. The maximum absolute atomic E-state index is 14.4. The average molecular weight is 511 g/mol. The quantitative estimate of drug-likeness (QED) is 0.409. The van der Waals surface area contributed by atoms with Crippen molar-refractivity contribution in [2.75, 3.05) is 37.5 Å². The van der Waals surface area contributed by atoms with Crippen LogP contribution in [-0.4, -0.2) is 70.8 Å². The highest BCUT2D eigenvalue weighted by molar-refractivity contribution is 7.91. The monoisotopic (exact) mass is 510 g/mol. The second kappa shape index (κ2) is 9.67. The average Bonchev–Trinajstić information content (AvgIpc) is 3.45. The Morgan fingerprint density at radius 2 is 1.94 bits per heavy atom. The normalized spacial score (nSPS) is 16.1. The van der Waals surface area contributed by atoms with Crippen molar-refractivity contribution in [3.05, 3.63) is 60.2 Å². The molecule has 0 radical (unpaired) electrons. The molecule has 4 heterocycles. The minimum Gasteiger partial charge on any atom is -0.386 e. The fourth-order valence-corrected chi connectivity index (χ4v) is 6.38. The number of fused-ring (bicyclic) bond motifs is 1. The van der Waals surface area contributed by atoms with Crippen LogP contribution in [0.5, 0.6) is 0 Å². The molecule has 1 aliphatic rings. The molecule has 8 nitrogen and oxygen atoms in total. The van der Waals surface area contributed by atoms with Gasteiger partial charge in [0.25, 0.3) is 0 Å². The van der Waals surface area contributed by atoms with E-state index < -0.39 is 9.84 Å². The Balaban J connectivity index is 1.46. The number of rotatable bonds is 7. The van der Waals surface area contributed by atoms with Gasteiger partial charge in [-0.2, -0.15) is 5.10 Å². The van der Waals surface area contributed by atoms with Crippen molar-refractivity contribution in [2.45, 2.75) is 25.3 Å². The van der Waals surface area contributed by atoms with Gasteiger partial charge in [-0.3, -0.25) is 9.25 Å². The second-order valence-corrected chi connectivity index (χ2v) is 11.8. The van der Waals surface area contributed by atoms with Crippen molar-refractivity contribution in [1.82, 2.24) is 24.2 Å². The highest BCUT2D eigenvalue weighted by Gasteiger charge is 2.26. The van der Waals surface area contributed by atoms with E-state index in [-0.39, 0.29) is 23.4 Å². The smallest absolute Gasteiger partial charge is 0.160 e. The molecule has 1 aliphatic heterocycles. The largest absolute Gasteiger partial charge is 0.386 e. The van der Waals surface area contributed by atoms with E-state index in [2.05, 4.69) is 28.6 Å². The summed E-state index contributed by atoms with van der Waals surface area (Å²) < 4.78 is 41.8. The summed E-state index contributed by atoms with van der Waals surface area (Å²) in [7, 11) is 2.76. The third kappa shape index (κ3) is 4.87. The molecule has 3 aromatic heterocycles. The first-order valence-corrected chi connectivity index (χ1v) is 14.0. The van der Waals surface area contributed by atoms with E-state index in [9.17, 15) is 12.8 Å². The standard InChI is InChI=1S/C26H31FN6O2S/c1-28-24-6-4-18(16-22(24)27)23-7-5-21-19(8-12-31(2)20-10-14-36(34,35)15-11-20)17-33(26(21)29-23)25-9-13-32(3)30-25/h4-7,9,13,16-17,20,28H,8,10-12,14-15H2,1-3H3. The molecule has 1 N–H and O–H groups in total. The summed E-state index contributed by atoms with van der Waals surface area (Å²) >= 11 is 0. The van der Waals surface area contributed by atoms with Crippen LogP contribution in [0.2, 0.25) is 0 Å². The van der Waals surface area contributed by atoms with E-state index in [1.54, 1.807) is 17.8 Å². The molecule has 5 rings (SSSR count). The van der Waals surface area contributed by atoms with Gasteiger partial charge in [0.15, 0.2) is 5.82 Å². The Bertz CT molecular complexity index is 1500. The summed E-state index contributed by atoms with van der Waals surface area (Å²) in [4.78, 5) is 7.20. The number of nitrogens with one attached hydrogen (secondary N) is 1. The lowest BCUT2D eigenvalue weighted by Crippen LogP contribution is -2.39. The molecule has 1 saturated heterocycles. The highest BCUT2D eigenvalue weighted by Crippen LogP contribution is 2.29. The topological polar surface area (TPSA) is 85.0 Å². The van der Waals surface area contributed by atoms with E-state index in [4.69, 9.17) is 4.98 Å². The van der Waals surface area contributed by atoms with Crippen LogP contribution < -0.4 is 5.32 Å². The Labute approximate surface area is 210 Å². The summed E-state index contributed by atoms with van der Waals surface area (Å²) in [6.45, 7) is 0.810. The number of hydrogen-bond donors (Lipinski definition) is 1. The Morgan fingerprint density at radius 1 is 1.17 bits per heavy atom. The number of pyridine rings is 1. The van der Waals surface area contributed by atoms with Crippen molar-refractivity contribution in [3.8, 4) is 17.1 Å². The van der Waals surface area contributed by atoms with Crippen LogP contribution in [0.25, 0.3) is 28.1 Å². The Kier molecular flexibility index (Phi) is 6.57. The van der Waals surface area contributed by atoms with E-state index in [1.165, 1.54) is 6.07 Å². The van der Waals surface area contributed by atoms with Crippen LogP contribution in [0.1, 0.15) is 18.4 Å². The molecule has 0 atom stereocenters. The number of likely N-dealkylation sites (N-methyl/N-ethyl adjacent to an activating group) is 1. The highest BCUT2D eigenvalue weighted by atomic mass is 32.2. The maximum Gasteiger partial charge on any atom is 0.160 e. The lowest BCUT2D eigenvalue weighted by molar-refractivity contribution is 0.229. The van der Waals surface area contributed by atoms with Crippen molar-refractivity contribution >= 4 is 26.6 Å². The first-order valence-electron chi connectivity index (χ1n) is 12.1. The van der Waals surface area contributed by atoms with Gasteiger partial charge in [0, 0.05) is 56.1 Å². The molecule has 0 bridgehead atoms. The lowest BCUT2D eigenvalue weighted by atomic mass is 10.1. The van der Waals surface area contributed by atoms with Crippen LogP contribution >= 0.6 is 0 Å². The summed E-state index contributed by atoms with van der Waals surface area (Å²) in [5.41, 5.74) is 3.74. The lowest BCUT2D eigenvalue weighted by Gasteiger charge is -2.31. The van der Waals surface area contributed by atoms with Gasteiger partial charge in [0.2, 0.25) is 0 Å². The van der Waals surface area contributed by atoms with Crippen molar-refractivity contribution in [1.29, 1.82) is 0 Å². The van der Waals surface area contributed by atoms with E-state index >= 15 is 0 Å². The molecular formula is C26H31FN6O2S. The number of aryl methyl sites for hydroxylation is 1. The number of hydrogen-bond acceptors (Lipinski definition) is 6. The number of aromatic nitrogens is 4. The van der Waals surface area contributed by atoms with Gasteiger partial charge >= 0.3 is 0 Å². The molecule has 0 saturated carbocycles. The van der Waals surface area contributed by atoms with E-state index in [0.29, 0.717) is 29.8 Å². The zero-order chi connectivity index (χ0) is 25.4. The van der Waals surface area contributed by atoms with Crippen LogP contribution in [0.15, 0.2) is 48.8 Å². The number of nitrogens with zero attached hydrogens (tertiary/aromatic N) is 5. The molecule has 10 heteroatoms. The van der Waals surface area contributed by atoms with Gasteiger partial charge < -0.3 is 10.2 Å². The first kappa shape index (κ1) is 24.5. The molecule has 190 valence electrons. The second-order valence-electron chi connectivity index (χ2n) is 9.50. The molecule has 0 aliphatic carbocycles. The Hall–Kier alpha value is -3.24. The number of sulfone groups is 1. The van der Waals surface area contributed by atoms with Crippen LogP contribution in [-0.2, 0) is 23.3 Å².